The van der Waals surface area contributed by atoms with Gasteiger partial charge in [0, 0.05) is 30.9 Å². The van der Waals surface area contributed by atoms with Gasteiger partial charge in [-0.05, 0) is 36.4 Å². The summed E-state index contributed by atoms with van der Waals surface area (Å²) in [4.78, 5) is 6.63. The second-order valence-corrected chi connectivity index (χ2v) is 7.30. The number of halogens is 1. The third-order valence-electron chi connectivity index (χ3n) is 4.82. The van der Waals surface area contributed by atoms with Crippen molar-refractivity contribution < 1.29 is 14.2 Å². The van der Waals surface area contributed by atoms with Crippen LogP contribution < -0.4 is 10.1 Å². The Bertz CT molecular complexity index is 700. The molecule has 4 rings (SSSR count). The van der Waals surface area contributed by atoms with E-state index in [0.29, 0.717) is 24.8 Å². The van der Waals surface area contributed by atoms with Gasteiger partial charge in [0.25, 0.3) is 0 Å². The van der Waals surface area contributed by atoms with Crippen molar-refractivity contribution in [2.24, 2.45) is 0 Å². The molecule has 27 heavy (non-hydrogen) atoms. The number of likely N-dealkylation sites (tertiary alicyclic amines) is 1. The lowest BCUT2D eigenvalue weighted by molar-refractivity contribution is -0.00461. The molecule has 2 fully saturated rings. The number of benzene rings is 1. The molecule has 1 aromatic carbocycles. The van der Waals surface area contributed by atoms with E-state index in [2.05, 4.69) is 15.2 Å². The molecule has 3 heterocycles. The van der Waals surface area contributed by atoms with Crippen LogP contribution in [0.5, 0.6) is 5.75 Å². The largest absolute Gasteiger partial charge is 0.492 e. The molecule has 2 saturated heterocycles. The van der Waals surface area contributed by atoms with Crippen molar-refractivity contribution in [3.05, 3.63) is 53.7 Å². The Morgan fingerprint density at radius 2 is 1.81 bits per heavy atom. The van der Waals surface area contributed by atoms with Crippen molar-refractivity contribution in [3.8, 4) is 5.75 Å². The summed E-state index contributed by atoms with van der Waals surface area (Å²) in [5.41, 5.74) is 0. The number of pyridine rings is 1. The van der Waals surface area contributed by atoms with Gasteiger partial charge in [0.2, 0.25) is 0 Å². The summed E-state index contributed by atoms with van der Waals surface area (Å²) in [6, 6.07) is 13.4. The first-order valence-corrected chi connectivity index (χ1v) is 9.65. The summed E-state index contributed by atoms with van der Waals surface area (Å²) in [5.74, 6) is 1.69. The normalized spacial score (nSPS) is 23.6. The molecule has 2 atom stereocenters. The van der Waals surface area contributed by atoms with E-state index in [1.807, 2.05) is 42.5 Å². The molecule has 0 radical (unpaired) electrons. The van der Waals surface area contributed by atoms with E-state index in [9.17, 15) is 0 Å². The fourth-order valence-corrected chi connectivity index (χ4v) is 3.54. The van der Waals surface area contributed by atoms with E-state index >= 15 is 0 Å². The fourth-order valence-electron chi connectivity index (χ4n) is 3.41. The Morgan fingerprint density at radius 1 is 1.07 bits per heavy atom. The molecule has 0 unspecified atom stereocenters. The maximum absolute atomic E-state index is 6.11. The van der Waals surface area contributed by atoms with E-state index in [0.717, 1.165) is 31.2 Å². The molecule has 2 aliphatic rings. The van der Waals surface area contributed by atoms with Crippen molar-refractivity contribution in [3.63, 3.8) is 0 Å². The van der Waals surface area contributed by atoms with Gasteiger partial charge in [-0.15, -0.1) is 0 Å². The Morgan fingerprint density at radius 3 is 2.48 bits per heavy atom. The maximum atomic E-state index is 6.11. The number of anilines is 1. The van der Waals surface area contributed by atoms with Crippen molar-refractivity contribution in [1.82, 2.24) is 9.88 Å². The smallest absolute Gasteiger partial charge is 0.126 e. The van der Waals surface area contributed by atoms with E-state index in [4.69, 9.17) is 25.8 Å². The zero-order valence-corrected chi connectivity index (χ0v) is 15.8. The second-order valence-electron chi connectivity index (χ2n) is 6.86. The maximum Gasteiger partial charge on any atom is 0.126 e. The molecule has 2 aliphatic heterocycles. The molecule has 0 amide bonds. The zero-order chi connectivity index (χ0) is 18.5. The molecule has 6 nitrogen and oxygen atoms in total. The zero-order valence-electron chi connectivity index (χ0n) is 15.1. The van der Waals surface area contributed by atoms with Gasteiger partial charge in [0.05, 0.1) is 31.5 Å². The summed E-state index contributed by atoms with van der Waals surface area (Å²) < 4.78 is 18.0. The molecule has 144 valence electrons. The average Bonchev–Trinajstić information content (AvgIpc) is 2.99. The molecule has 1 N–H and O–H groups in total. The molecular weight excluding hydrogens is 366 g/mol. The van der Waals surface area contributed by atoms with Gasteiger partial charge in [-0.1, -0.05) is 17.7 Å². The lowest BCUT2D eigenvalue weighted by Crippen LogP contribution is -2.32. The standard InChI is InChI=1S/C20H24ClN3O3/c21-15-4-6-17(7-5-15)25-10-9-24-11-18-19(12-24)27-14-16(13-26-18)23-20-3-1-2-8-22-20/h1-8,16,18-19H,9-14H2,(H,22,23)/t18-,19-/m0/s1. The number of aromatic nitrogens is 1. The molecule has 7 heteroatoms. The van der Waals surface area contributed by atoms with Crippen molar-refractivity contribution >= 4 is 17.4 Å². The number of hydrogen-bond acceptors (Lipinski definition) is 6. The second kappa shape index (κ2) is 8.89. The van der Waals surface area contributed by atoms with E-state index in [-0.39, 0.29) is 18.2 Å². The number of fused-ring (bicyclic) bond motifs is 1. The minimum absolute atomic E-state index is 0.107. The summed E-state index contributed by atoms with van der Waals surface area (Å²) in [7, 11) is 0. The average molecular weight is 390 g/mol. The van der Waals surface area contributed by atoms with Crippen molar-refractivity contribution in [1.29, 1.82) is 0 Å². The number of hydrogen-bond donors (Lipinski definition) is 1. The number of ether oxygens (including phenoxy) is 3. The first-order chi connectivity index (χ1) is 13.3. The van der Waals surface area contributed by atoms with Gasteiger partial charge < -0.3 is 19.5 Å². The Kier molecular flexibility index (Phi) is 6.09. The lowest BCUT2D eigenvalue weighted by atomic mass is 10.3. The van der Waals surface area contributed by atoms with E-state index in [1.54, 1.807) is 6.20 Å². The molecule has 1 aromatic heterocycles. The highest BCUT2D eigenvalue weighted by molar-refractivity contribution is 6.30. The predicted molar refractivity (Wildman–Crippen MR) is 105 cm³/mol. The highest BCUT2D eigenvalue weighted by Gasteiger charge is 2.37. The van der Waals surface area contributed by atoms with Crippen LogP contribution in [0.3, 0.4) is 0 Å². The summed E-state index contributed by atoms with van der Waals surface area (Å²) in [6.07, 6.45) is 1.99. The highest BCUT2D eigenvalue weighted by Crippen LogP contribution is 2.21. The lowest BCUT2D eigenvalue weighted by Gasteiger charge is -2.19. The Balaban J connectivity index is 1.20. The van der Waals surface area contributed by atoms with Gasteiger partial charge in [0.15, 0.2) is 0 Å². The van der Waals surface area contributed by atoms with Gasteiger partial charge in [-0.2, -0.15) is 0 Å². The molecular formula is C20H24ClN3O3. The van der Waals surface area contributed by atoms with E-state index < -0.39 is 0 Å². The molecule has 0 spiro atoms. The monoisotopic (exact) mass is 389 g/mol. The van der Waals surface area contributed by atoms with Crippen molar-refractivity contribution in [2.45, 2.75) is 18.2 Å². The van der Waals surface area contributed by atoms with Crippen LogP contribution in [0, 0.1) is 0 Å². The topological polar surface area (TPSA) is 55.9 Å². The van der Waals surface area contributed by atoms with E-state index in [1.165, 1.54) is 0 Å². The van der Waals surface area contributed by atoms with Crippen LogP contribution in [-0.2, 0) is 9.47 Å². The highest BCUT2D eigenvalue weighted by atomic mass is 35.5. The van der Waals surface area contributed by atoms with Crippen LogP contribution in [0.1, 0.15) is 0 Å². The number of rotatable bonds is 6. The Labute approximate surface area is 164 Å². The SMILES string of the molecule is Clc1ccc(OCCN2C[C@@H]3OCC(Nc4ccccn4)CO[C@H]3C2)cc1. The molecule has 2 aromatic rings. The van der Waals surface area contributed by atoms with Crippen LogP contribution in [0.15, 0.2) is 48.7 Å². The third kappa shape index (κ3) is 5.11. The predicted octanol–water partition coefficient (Wildman–Crippen LogP) is 2.69. The minimum atomic E-state index is 0.107. The van der Waals surface area contributed by atoms with Gasteiger partial charge in [-0.25, -0.2) is 4.98 Å². The van der Waals surface area contributed by atoms with Crippen LogP contribution >= 0.6 is 11.6 Å². The third-order valence-corrected chi connectivity index (χ3v) is 5.07. The van der Waals surface area contributed by atoms with Crippen LogP contribution in [-0.4, -0.2) is 67.6 Å². The van der Waals surface area contributed by atoms with Gasteiger partial charge >= 0.3 is 0 Å². The van der Waals surface area contributed by atoms with Crippen LogP contribution in [0.25, 0.3) is 0 Å². The van der Waals surface area contributed by atoms with Gasteiger partial charge in [0.1, 0.15) is 18.2 Å². The quantitative estimate of drug-likeness (QED) is 0.819. The first-order valence-electron chi connectivity index (χ1n) is 9.28. The summed E-state index contributed by atoms with van der Waals surface area (Å²) in [6.45, 7) is 4.44. The summed E-state index contributed by atoms with van der Waals surface area (Å²) in [5, 5.41) is 4.09. The van der Waals surface area contributed by atoms with Crippen molar-refractivity contribution in [2.75, 3.05) is 44.8 Å². The van der Waals surface area contributed by atoms with Gasteiger partial charge in [-0.3, -0.25) is 4.90 Å². The van der Waals surface area contributed by atoms with Crippen LogP contribution in [0.4, 0.5) is 5.82 Å². The minimum Gasteiger partial charge on any atom is -0.492 e. The molecule has 0 bridgehead atoms. The fraction of sp³-hybridized carbons (Fsp3) is 0.450. The number of nitrogens with zero attached hydrogens (tertiary/aromatic N) is 2. The Hall–Kier alpha value is -1.86. The number of nitrogens with one attached hydrogen (secondary N) is 1. The molecule has 0 saturated carbocycles. The first kappa shape index (κ1) is 18.5. The van der Waals surface area contributed by atoms with Crippen LogP contribution in [0.2, 0.25) is 5.02 Å². The molecule has 0 aliphatic carbocycles. The summed E-state index contributed by atoms with van der Waals surface area (Å²) >= 11 is 5.89.